The molecular weight excluding hydrogens is 332 g/mol. The second-order valence-corrected chi connectivity index (χ2v) is 6.82. The third-order valence-corrected chi connectivity index (χ3v) is 4.74. The molecule has 0 amide bonds. The Morgan fingerprint density at radius 2 is 1.96 bits per heavy atom. The summed E-state index contributed by atoms with van der Waals surface area (Å²) in [7, 11) is 5.93. The minimum atomic E-state index is -0.367. The summed E-state index contributed by atoms with van der Waals surface area (Å²) in [5.41, 5.74) is 1.23. The van der Waals surface area contributed by atoms with Gasteiger partial charge in [0, 0.05) is 65.1 Å². The van der Waals surface area contributed by atoms with Crippen LogP contribution in [0.4, 0.5) is 17.5 Å². The quantitative estimate of drug-likeness (QED) is 0.580. The van der Waals surface area contributed by atoms with Crippen molar-refractivity contribution in [3.63, 3.8) is 0 Å². The molecule has 2 heterocycles. The Bertz CT molecular complexity index is 765. The molecule has 0 bridgehead atoms. The van der Waals surface area contributed by atoms with E-state index < -0.39 is 0 Å². The fourth-order valence-corrected chi connectivity index (χ4v) is 3.19. The third kappa shape index (κ3) is 4.08. The lowest BCUT2D eigenvalue weighted by molar-refractivity contribution is -0.384. The van der Waals surface area contributed by atoms with Gasteiger partial charge in [0.05, 0.1) is 4.92 Å². The predicted molar refractivity (Wildman–Crippen MR) is 102 cm³/mol. The van der Waals surface area contributed by atoms with Crippen LogP contribution in [0.1, 0.15) is 12.0 Å². The summed E-state index contributed by atoms with van der Waals surface area (Å²) < 4.78 is 0. The Kier molecular flexibility index (Phi) is 5.32. The summed E-state index contributed by atoms with van der Waals surface area (Å²) >= 11 is 0. The van der Waals surface area contributed by atoms with Gasteiger partial charge in [0.2, 0.25) is 5.95 Å². The van der Waals surface area contributed by atoms with Gasteiger partial charge in [-0.1, -0.05) is 12.1 Å². The van der Waals surface area contributed by atoms with Crippen molar-refractivity contribution in [2.45, 2.75) is 19.0 Å². The standard InChI is InChI=1S/C18H24N6O2/c1-21(2)18-19-10-8-17(20-18)22(3)16-9-11-23(13-16)12-14-4-6-15(7-5-14)24(25)26/h4-8,10,16H,9,11-13H2,1-3H3. The number of likely N-dealkylation sites (tertiary alicyclic amines) is 1. The fraction of sp³-hybridized carbons (Fsp3) is 0.444. The number of hydrogen-bond acceptors (Lipinski definition) is 7. The zero-order valence-electron chi connectivity index (χ0n) is 15.4. The number of aromatic nitrogens is 2. The van der Waals surface area contributed by atoms with Crippen LogP contribution < -0.4 is 9.80 Å². The summed E-state index contributed by atoms with van der Waals surface area (Å²) in [4.78, 5) is 25.7. The Balaban J connectivity index is 1.61. The van der Waals surface area contributed by atoms with Crippen molar-refractivity contribution in [3.8, 4) is 0 Å². The summed E-state index contributed by atoms with van der Waals surface area (Å²) in [5, 5.41) is 10.8. The highest BCUT2D eigenvalue weighted by atomic mass is 16.6. The SMILES string of the molecule is CN(C)c1nccc(N(C)C2CCN(Cc3ccc([N+](=O)[O-])cc3)C2)n1. The number of likely N-dealkylation sites (N-methyl/N-ethyl adjacent to an activating group) is 1. The second kappa shape index (κ2) is 7.65. The molecule has 8 nitrogen and oxygen atoms in total. The second-order valence-electron chi connectivity index (χ2n) is 6.82. The molecule has 1 aliphatic heterocycles. The van der Waals surface area contributed by atoms with Gasteiger partial charge in [-0.25, -0.2) is 4.98 Å². The number of nitro groups is 1. The van der Waals surface area contributed by atoms with E-state index >= 15 is 0 Å². The molecule has 1 fully saturated rings. The van der Waals surface area contributed by atoms with Crippen LogP contribution in [-0.4, -0.2) is 60.1 Å². The van der Waals surface area contributed by atoms with E-state index in [2.05, 4.69) is 26.8 Å². The lowest BCUT2D eigenvalue weighted by Gasteiger charge is -2.26. The summed E-state index contributed by atoms with van der Waals surface area (Å²) in [5.74, 6) is 1.63. The van der Waals surface area contributed by atoms with Crippen molar-refractivity contribution in [2.24, 2.45) is 0 Å². The molecule has 0 N–H and O–H groups in total. The van der Waals surface area contributed by atoms with E-state index in [1.165, 1.54) is 0 Å². The Hall–Kier alpha value is -2.74. The molecule has 0 aliphatic carbocycles. The maximum absolute atomic E-state index is 10.8. The van der Waals surface area contributed by atoms with Crippen LogP contribution in [0.2, 0.25) is 0 Å². The fourth-order valence-electron chi connectivity index (χ4n) is 3.19. The van der Waals surface area contributed by atoms with Crippen LogP contribution in [0.25, 0.3) is 0 Å². The van der Waals surface area contributed by atoms with Crippen LogP contribution in [-0.2, 0) is 6.54 Å². The van der Waals surface area contributed by atoms with Crippen molar-refractivity contribution in [3.05, 3.63) is 52.2 Å². The van der Waals surface area contributed by atoms with Gasteiger partial charge < -0.3 is 9.80 Å². The highest BCUT2D eigenvalue weighted by molar-refractivity contribution is 5.43. The van der Waals surface area contributed by atoms with E-state index in [-0.39, 0.29) is 10.6 Å². The Morgan fingerprint density at radius 3 is 2.62 bits per heavy atom. The molecule has 26 heavy (non-hydrogen) atoms. The van der Waals surface area contributed by atoms with Crippen LogP contribution in [0.3, 0.4) is 0 Å². The van der Waals surface area contributed by atoms with Crippen LogP contribution in [0.15, 0.2) is 36.5 Å². The van der Waals surface area contributed by atoms with Gasteiger partial charge in [-0.2, -0.15) is 4.98 Å². The molecule has 1 saturated heterocycles. The van der Waals surface area contributed by atoms with Gasteiger partial charge in [0.1, 0.15) is 5.82 Å². The maximum Gasteiger partial charge on any atom is 0.269 e. The molecule has 2 aromatic rings. The number of nitro benzene ring substituents is 1. The molecule has 1 unspecified atom stereocenters. The highest BCUT2D eigenvalue weighted by Crippen LogP contribution is 2.22. The van der Waals surface area contributed by atoms with Crippen LogP contribution >= 0.6 is 0 Å². The van der Waals surface area contributed by atoms with E-state index in [0.717, 1.165) is 37.4 Å². The molecule has 1 atom stereocenters. The molecule has 8 heteroatoms. The number of hydrogen-bond donors (Lipinski definition) is 0. The molecule has 138 valence electrons. The van der Waals surface area contributed by atoms with Crippen LogP contribution in [0.5, 0.6) is 0 Å². The number of benzene rings is 1. The van der Waals surface area contributed by atoms with Crippen molar-refractivity contribution < 1.29 is 4.92 Å². The van der Waals surface area contributed by atoms with Gasteiger partial charge in [-0.3, -0.25) is 15.0 Å². The molecule has 1 aliphatic rings. The van der Waals surface area contributed by atoms with E-state index in [9.17, 15) is 10.1 Å². The third-order valence-electron chi connectivity index (χ3n) is 4.74. The number of non-ortho nitro benzene ring substituents is 1. The topological polar surface area (TPSA) is 78.6 Å². The zero-order valence-corrected chi connectivity index (χ0v) is 15.4. The van der Waals surface area contributed by atoms with E-state index in [4.69, 9.17) is 0 Å². The Labute approximate surface area is 153 Å². The van der Waals surface area contributed by atoms with E-state index in [1.54, 1.807) is 18.3 Å². The molecule has 1 aromatic carbocycles. The first kappa shape index (κ1) is 18.1. The Morgan fingerprint density at radius 1 is 1.23 bits per heavy atom. The molecule has 1 aromatic heterocycles. The largest absolute Gasteiger partial charge is 0.355 e. The zero-order chi connectivity index (χ0) is 18.7. The first-order valence-electron chi connectivity index (χ1n) is 8.63. The van der Waals surface area contributed by atoms with Gasteiger partial charge in [-0.05, 0) is 18.1 Å². The smallest absolute Gasteiger partial charge is 0.269 e. The number of nitrogens with zero attached hydrogens (tertiary/aromatic N) is 6. The van der Waals surface area contributed by atoms with Gasteiger partial charge in [-0.15, -0.1) is 0 Å². The monoisotopic (exact) mass is 356 g/mol. The first-order valence-corrected chi connectivity index (χ1v) is 8.63. The maximum atomic E-state index is 10.8. The predicted octanol–water partition coefficient (Wildman–Crippen LogP) is 2.16. The normalized spacial score (nSPS) is 17.3. The highest BCUT2D eigenvalue weighted by Gasteiger charge is 2.26. The van der Waals surface area contributed by atoms with Crippen LogP contribution in [0, 0.1) is 10.1 Å². The minimum Gasteiger partial charge on any atom is -0.355 e. The number of rotatable bonds is 6. The lowest BCUT2D eigenvalue weighted by Crippen LogP contribution is -2.35. The molecule has 3 rings (SSSR count). The van der Waals surface area contributed by atoms with Gasteiger partial charge in [0.25, 0.3) is 5.69 Å². The van der Waals surface area contributed by atoms with Crippen molar-refractivity contribution in [1.29, 1.82) is 0 Å². The lowest BCUT2D eigenvalue weighted by atomic mass is 10.2. The average Bonchev–Trinajstić information content (AvgIpc) is 3.10. The molecule has 0 radical (unpaired) electrons. The average molecular weight is 356 g/mol. The first-order chi connectivity index (χ1) is 12.4. The summed E-state index contributed by atoms with van der Waals surface area (Å²) in [6.45, 7) is 2.74. The molecule has 0 spiro atoms. The minimum absolute atomic E-state index is 0.133. The molecular formula is C18H24N6O2. The van der Waals surface area contributed by atoms with Crippen molar-refractivity contribution in [1.82, 2.24) is 14.9 Å². The van der Waals surface area contributed by atoms with Crippen molar-refractivity contribution in [2.75, 3.05) is 44.0 Å². The number of anilines is 2. The van der Waals surface area contributed by atoms with E-state index in [1.807, 2.05) is 37.2 Å². The summed E-state index contributed by atoms with van der Waals surface area (Å²) in [6, 6.07) is 9.13. The van der Waals surface area contributed by atoms with Crippen molar-refractivity contribution >= 4 is 17.5 Å². The van der Waals surface area contributed by atoms with Gasteiger partial charge in [0.15, 0.2) is 0 Å². The van der Waals surface area contributed by atoms with E-state index in [0.29, 0.717) is 12.0 Å². The molecule has 0 saturated carbocycles. The van der Waals surface area contributed by atoms with Gasteiger partial charge >= 0.3 is 0 Å². The summed E-state index contributed by atoms with van der Waals surface area (Å²) in [6.07, 6.45) is 2.85.